The van der Waals surface area contributed by atoms with Crippen LogP contribution in [0.15, 0.2) is 18.2 Å². The van der Waals surface area contributed by atoms with E-state index in [9.17, 15) is 9.59 Å². The highest BCUT2D eigenvalue weighted by molar-refractivity contribution is 5.94. The maximum Gasteiger partial charge on any atom is 0.253 e. The second-order valence-electron chi connectivity index (χ2n) is 7.59. The van der Waals surface area contributed by atoms with E-state index in [0.717, 1.165) is 50.0 Å². The monoisotopic (exact) mass is 358 g/mol. The summed E-state index contributed by atoms with van der Waals surface area (Å²) in [6.45, 7) is 8.66. The van der Waals surface area contributed by atoms with Crippen LogP contribution < -0.4 is 0 Å². The fourth-order valence-corrected chi connectivity index (χ4v) is 4.18. The van der Waals surface area contributed by atoms with Crippen LogP contribution in [-0.4, -0.2) is 60.0 Å². The summed E-state index contributed by atoms with van der Waals surface area (Å²) in [5, 5.41) is 0. The zero-order valence-electron chi connectivity index (χ0n) is 16.2. The molecular weight excluding hydrogens is 328 g/mol. The molecule has 0 bridgehead atoms. The summed E-state index contributed by atoms with van der Waals surface area (Å²) in [6, 6.07) is 6.43. The van der Waals surface area contributed by atoms with Gasteiger partial charge in [-0.05, 0) is 62.8 Å². The molecule has 2 fully saturated rings. The van der Waals surface area contributed by atoms with Gasteiger partial charge in [-0.25, -0.2) is 0 Å². The lowest BCUT2D eigenvalue weighted by Crippen LogP contribution is -2.53. The Balaban J connectivity index is 1.62. The Labute approximate surface area is 156 Å². The van der Waals surface area contributed by atoms with Crippen LogP contribution in [0.25, 0.3) is 0 Å². The van der Waals surface area contributed by atoms with E-state index < -0.39 is 0 Å². The third-order valence-corrected chi connectivity index (χ3v) is 5.85. The van der Waals surface area contributed by atoms with Crippen LogP contribution in [0, 0.1) is 13.8 Å². The molecular formula is C21H30N2O3. The van der Waals surface area contributed by atoms with Gasteiger partial charge >= 0.3 is 0 Å². The third kappa shape index (κ3) is 4.09. The van der Waals surface area contributed by atoms with E-state index in [0.29, 0.717) is 13.1 Å². The van der Waals surface area contributed by atoms with Crippen LogP contribution in [0.5, 0.6) is 0 Å². The number of piperidine rings is 1. The second-order valence-corrected chi connectivity index (χ2v) is 7.59. The van der Waals surface area contributed by atoms with Crippen molar-refractivity contribution in [1.82, 2.24) is 9.80 Å². The molecule has 1 aromatic rings. The smallest absolute Gasteiger partial charge is 0.253 e. The van der Waals surface area contributed by atoms with Crippen molar-refractivity contribution in [2.75, 3.05) is 26.3 Å². The first-order valence-electron chi connectivity index (χ1n) is 9.70. The minimum absolute atomic E-state index is 0.104. The summed E-state index contributed by atoms with van der Waals surface area (Å²) in [5.41, 5.74) is 3.11. The first kappa shape index (κ1) is 18.9. The van der Waals surface area contributed by atoms with Crippen molar-refractivity contribution < 1.29 is 14.3 Å². The largest absolute Gasteiger partial charge is 0.381 e. The number of likely N-dealkylation sites (tertiary alicyclic amines) is 1. The van der Waals surface area contributed by atoms with Crippen LogP contribution in [0.1, 0.15) is 54.1 Å². The highest BCUT2D eigenvalue weighted by atomic mass is 16.5. The van der Waals surface area contributed by atoms with Crippen molar-refractivity contribution in [2.45, 2.75) is 58.5 Å². The number of carbonyl (C=O) groups excluding carboxylic acids is 2. The number of carbonyl (C=O) groups is 2. The lowest BCUT2D eigenvalue weighted by atomic mass is 9.97. The summed E-state index contributed by atoms with van der Waals surface area (Å²) in [4.78, 5) is 29.1. The Kier molecular flexibility index (Phi) is 5.97. The third-order valence-electron chi connectivity index (χ3n) is 5.85. The normalized spacial score (nSPS) is 19.4. The molecule has 1 aromatic carbocycles. The summed E-state index contributed by atoms with van der Waals surface area (Å²) in [5.74, 6) is 0.253. The lowest BCUT2D eigenvalue weighted by Gasteiger charge is -2.43. The molecule has 0 saturated carbocycles. The molecule has 0 spiro atoms. The number of ether oxygens (including phenoxy) is 1. The maximum absolute atomic E-state index is 12.8. The molecule has 0 atom stereocenters. The van der Waals surface area contributed by atoms with Crippen LogP contribution in [0.4, 0.5) is 0 Å². The van der Waals surface area contributed by atoms with E-state index in [1.807, 2.05) is 30.0 Å². The molecule has 142 valence electrons. The average molecular weight is 358 g/mol. The standard InChI is InChI=1S/C21H30N2O3/c1-15-4-5-18(14-16(15)2)21(25)22-10-6-19(7-11-22)23(17(3)24)20-8-12-26-13-9-20/h4-5,14,19-20H,6-13H2,1-3H3. The topological polar surface area (TPSA) is 49.9 Å². The number of hydrogen-bond acceptors (Lipinski definition) is 3. The highest BCUT2D eigenvalue weighted by Crippen LogP contribution is 2.25. The fraction of sp³-hybridized carbons (Fsp3) is 0.619. The van der Waals surface area contributed by atoms with Gasteiger partial charge in [-0.1, -0.05) is 6.07 Å². The molecule has 0 unspecified atom stereocenters. The summed E-state index contributed by atoms with van der Waals surface area (Å²) in [7, 11) is 0. The van der Waals surface area contributed by atoms with Crippen molar-refractivity contribution in [3.63, 3.8) is 0 Å². The zero-order valence-corrected chi connectivity index (χ0v) is 16.2. The Morgan fingerprint density at radius 1 is 1.00 bits per heavy atom. The quantitative estimate of drug-likeness (QED) is 0.835. The molecule has 0 aliphatic carbocycles. The molecule has 0 N–H and O–H groups in total. The van der Waals surface area contributed by atoms with Crippen molar-refractivity contribution in [1.29, 1.82) is 0 Å². The van der Waals surface area contributed by atoms with Gasteiger partial charge in [-0.15, -0.1) is 0 Å². The maximum atomic E-state index is 12.8. The van der Waals surface area contributed by atoms with Crippen molar-refractivity contribution in [2.24, 2.45) is 0 Å². The molecule has 2 aliphatic rings. The molecule has 2 saturated heterocycles. The summed E-state index contributed by atoms with van der Waals surface area (Å²) < 4.78 is 5.44. The van der Waals surface area contributed by atoms with E-state index in [1.54, 1.807) is 6.92 Å². The van der Waals surface area contributed by atoms with Crippen LogP contribution in [0.2, 0.25) is 0 Å². The Hall–Kier alpha value is -1.88. The Morgan fingerprint density at radius 3 is 2.19 bits per heavy atom. The number of hydrogen-bond donors (Lipinski definition) is 0. The van der Waals surface area contributed by atoms with Gasteiger partial charge in [0.2, 0.25) is 5.91 Å². The predicted octanol–water partition coefficient (Wildman–Crippen LogP) is 2.94. The van der Waals surface area contributed by atoms with E-state index >= 15 is 0 Å². The molecule has 2 amide bonds. The number of rotatable bonds is 3. The number of aryl methyl sites for hydroxylation is 2. The predicted molar refractivity (Wildman–Crippen MR) is 101 cm³/mol. The molecule has 2 heterocycles. The Morgan fingerprint density at radius 2 is 1.62 bits per heavy atom. The Bertz CT molecular complexity index is 659. The van der Waals surface area contributed by atoms with Gasteiger partial charge in [-0.3, -0.25) is 9.59 Å². The molecule has 3 rings (SSSR count). The molecule has 0 radical (unpaired) electrons. The molecule has 5 nitrogen and oxygen atoms in total. The average Bonchev–Trinajstić information content (AvgIpc) is 2.65. The summed E-state index contributed by atoms with van der Waals surface area (Å²) >= 11 is 0. The van der Waals surface area contributed by atoms with E-state index in [2.05, 4.69) is 11.8 Å². The van der Waals surface area contributed by atoms with E-state index in [4.69, 9.17) is 4.74 Å². The van der Waals surface area contributed by atoms with Gasteiger partial charge in [-0.2, -0.15) is 0 Å². The fourth-order valence-electron chi connectivity index (χ4n) is 4.18. The van der Waals surface area contributed by atoms with Crippen LogP contribution in [0.3, 0.4) is 0 Å². The van der Waals surface area contributed by atoms with Crippen molar-refractivity contribution in [3.8, 4) is 0 Å². The minimum Gasteiger partial charge on any atom is -0.381 e. The van der Waals surface area contributed by atoms with Crippen LogP contribution in [-0.2, 0) is 9.53 Å². The van der Waals surface area contributed by atoms with Gasteiger partial charge in [0.1, 0.15) is 0 Å². The zero-order chi connectivity index (χ0) is 18.7. The minimum atomic E-state index is 0.104. The number of amides is 2. The van der Waals surface area contributed by atoms with Gasteiger partial charge in [0.05, 0.1) is 0 Å². The number of nitrogens with zero attached hydrogens (tertiary/aromatic N) is 2. The SMILES string of the molecule is CC(=O)N(C1CCOCC1)C1CCN(C(=O)c2ccc(C)c(C)c2)CC1. The van der Waals surface area contributed by atoms with E-state index in [-0.39, 0.29) is 23.9 Å². The van der Waals surface area contributed by atoms with Gasteiger partial charge in [0.15, 0.2) is 0 Å². The lowest BCUT2D eigenvalue weighted by molar-refractivity contribution is -0.137. The van der Waals surface area contributed by atoms with Crippen LogP contribution >= 0.6 is 0 Å². The molecule has 5 heteroatoms. The first-order valence-corrected chi connectivity index (χ1v) is 9.70. The van der Waals surface area contributed by atoms with Crippen molar-refractivity contribution >= 4 is 11.8 Å². The molecule has 0 aromatic heterocycles. The van der Waals surface area contributed by atoms with E-state index in [1.165, 1.54) is 5.56 Å². The summed E-state index contributed by atoms with van der Waals surface area (Å²) in [6.07, 6.45) is 3.55. The number of benzene rings is 1. The van der Waals surface area contributed by atoms with Crippen molar-refractivity contribution in [3.05, 3.63) is 34.9 Å². The molecule has 26 heavy (non-hydrogen) atoms. The first-order chi connectivity index (χ1) is 12.5. The molecule has 2 aliphatic heterocycles. The van der Waals surface area contributed by atoms with Gasteiger partial charge in [0, 0.05) is 50.9 Å². The highest BCUT2D eigenvalue weighted by Gasteiger charge is 2.33. The van der Waals surface area contributed by atoms with Gasteiger partial charge in [0.25, 0.3) is 5.91 Å². The second kappa shape index (κ2) is 8.21. The van der Waals surface area contributed by atoms with Gasteiger partial charge < -0.3 is 14.5 Å².